The van der Waals surface area contributed by atoms with E-state index in [1.165, 1.54) is 5.39 Å². The van der Waals surface area contributed by atoms with Crippen molar-refractivity contribution in [3.8, 4) is 17.2 Å². The smallest absolute Gasteiger partial charge is 0.343 e. The Labute approximate surface area is 199 Å². The lowest BCUT2D eigenvalue weighted by molar-refractivity contribution is 0.0729. The van der Waals surface area contributed by atoms with Crippen LogP contribution in [0.5, 0.6) is 17.2 Å². The first-order valence-corrected chi connectivity index (χ1v) is 11.3. The minimum atomic E-state index is -0.462. The number of carbonyl (C=O) groups excluding carboxylic acids is 1. The van der Waals surface area contributed by atoms with Crippen LogP contribution < -0.4 is 14.2 Å². The Bertz CT molecular complexity index is 1300. The molecule has 0 saturated heterocycles. The van der Waals surface area contributed by atoms with Gasteiger partial charge in [-0.2, -0.15) is 0 Å². The number of nitrogens with zero attached hydrogens (tertiary/aromatic N) is 1. The van der Waals surface area contributed by atoms with E-state index < -0.39 is 5.97 Å². The zero-order chi connectivity index (χ0) is 23.8. The van der Waals surface area contributed by atoms with Crippen LogP contribution in [0.4, 0.5) is 5.69 Å². The monoisotopic (exact) mass is 453 g/mol. The maximum atomic E-state index is 12.6. The average Bonchev–Trinajstić information content (AvgIpc) is 2.88. The number of rotatable bonds is 9. The molecule has 0 unspecified atom stereocenters. The molecule has 0 saturated carbocycles. The van der Waals surface area contributed by atoms with Gasteiger partial charge in [-0.3, -0.25) is 4.99 Å². The highest BCUT2D eigenvalue weighted by Crippen LogP contribution is 2.29. The van der Waals surface area contributed by atoms with Crippen molar-refractivity contribution in [2.75, 3.05) is 13.7 Å². The molecule has 0 aliphatic carbocycles. The fraction of sp³-hybridized carbons (Fsp3) is 0.172. The Morgan fingerprint density at radius 3 is 2.44 bits per heavy atom. The lowest BCUT2D eigenvalue weighted by Gasteiger charge is -2.10. The van der Waals surface area contributed by atoms with Gasteiger partial charge in [-0.05, 0) is 77.4 Å². The van der Waals surface area contributed by atoms with Crippen molar-refractivity contribution in [3.05, 3.63) is 96.1 Å². The summed E-state index contributed by atoms with van der Waals surface area (Å²) in [6.45, 7) is 2.77. The van der Waals surface area contributed by atoms with Crippen LogP contribution in [0.25, 0.3) is 10.8 Å². The van der Waals surface area contributed by atoms with E-state index in [9.17, 15) is 4.79 Å². The number of unbranched alkanes of at least 4 members (excludes halogenated alkanes) is 1. The summed E-state index contributed by atoms with van der Waals surface area (Å²) in [6, 6.07) is 26.5. The molecule has 4 aromatic rings. The average molecular weight is 454 g/mol. The van der Waals surface area contributed by atoms with Gasteiger partial charge in [0, 0.05) is 6.21 Å². The largest absolute Gasteiger partial charge is 0.494 e. The van der Waals surface area contributed by atoms with Crippen molar-refractivity contribution in [2.24, 2.45) is 4.99 Å². The number of ether oxygens (including phenoxy) is 3. The lowest BCUT2D eigenvalue weighted by atomic mass is 10.1. The van der Waals surface area contributed by atoms with Gasteiger partial charge in [0.15, 0.2) is 11.5 Å². The van der Waals surface area contributed by atoms with Crippen LogP contribution >= 0.6 is 0 Å². The highest BCUT2D eigenvalue weighted by Gasteiger charge is 2.13. The first-order chi connectivity index (χ1) is 16.7. The van der Waals surface area contributed by atoms with E-state index in [4.69, 9.17) is 14.2 Å². The van der Waals surface area contributed by atoms with Gasteiger partial charge in [0.2, 0.25) is 0 Å². The number of hydrogen-bond donors (Lipinski definition) is 0. The molecule has 4 aromatic carbocycles. The van der Waals surface area contributed by atoms with E-state index in [1.54, 1.807) is 49.7 Å². The number of aliphatic imine (C=N–C) groups is 1. The first kappa shape index (κ1) is 23.1. The molecular weight excluding hydrogens is 426 g/mol. The van der Waals surface area contributed by atoms with Gasteiger partial charge in [-0.15, -0.1) is 0 Å². The van der Waals surface area contributed by atoms with Crippen molar-refractivity contribution >= 4 is 28.6 Å². The second-order valence-electron chi connectivity index (χ2n) is 7.82. The summed E-state index contributed by atoms with van der Waals surface area (Å²) in [4.78, 5) is 17.2. The zero-order valence-corrected chi connectivity index (χ0v) is 19.4. The molecule has 0 aliphatic heterocycles. The fourth-order valence-corrected chi connectivity index (χ4v) is 3.44. The van der Waals surface area contributed by atoms with Crippen molar-refractivity contribution in [1.82, 2.24) is 0 Å². The Morgan fingerprint density at radius 1 is 0.882 bits per heavy atom. The third-order valence-corrected chi connectivity index (χ3v) is 5.34. The van der Waals surface area contributed by atoms with Crippen LogP contribution in [0.1, 0.15) is 35.7 Å². The third-order valence-electron chi connectivity index (χ3n) is 5.34. The number of fused-ring (bicyclic) bond motifs is 1. The van der Waals surface area contributed by atoms with Crippen molar-refractivity contribution < 1.29 is 19.0 Å². The summed E-state index contributed by atoms with van der Waals surface area (Å²) >= 11 is 0. The topological polar surface area (TPSA) is 57.1 Å². The molecule has 34 heavy (non-hydrogen) atoms. The predicted molar refractivity (Wildman–Crippen MR) is 136 cm³/mol. The number of esters is 1. The first-order valence-electron chi connectivity index (χ1n) is 11.3. The second-order valence-corrected chi connectivity index (χ2v) is 7.82. The molecule has 0 bridgehead atoms. The standard InChI is InChI=1S/C29H27NO4/c1-3-4-17-33-26-14-11-23(12-15-26)29(31)34-27-16-9-21(18-28(27)32-2)20-30-25-13-10-22-7-5-6-8-24(22)19-25/h5-16,18-20H,3-4,17H2,1-2H3. The Morgan fingerprint density at radius 2 is 1.68 bits per heavy atom. The van der Waals surface area contributed by atoms with E-state index in [1.807, 2.05) is 30.3 Å². The quantitative estimate of drug-likeness (QED) is 0.119. The van der Waals surface area contributed by atoms with Gasteiger partial charge in [0.25, 0.3) is 0 Å². The number of carbonyl (C=O) groups is 1. The number of methoxy groups -OCH3 is 1. The highest BCUT2D eigenvalue weighted by molar-refractivity contribution is 5.92. The fourth-order valence-electron chi connectivity index (χ4n) is 3.44. The molecule has 0 spiro atoms. The maximum Gasteiger partial charge on any atom is 0.343 e. The van der Waals surface area contributed by atoms with E-state index >= 15 is 0 Å². The molecule has 0 aliphatic rings. The van der Waals surface area contributed by atoms with Gasteiger partial charge in [0.1, 0.15) is 5.75 Å². The molecule has 0 amide bonds. The summed E-state index contributed by atoms with van der Waals surface area (Å²) < 4.78 is 16.7. The van der Waals surface area contributed by atoms with Crippen molar-refractivity contribution in [3.63, 3.8) is 0 Å². The van der Waals surface area contributed by atoms with Gasteiger partial charge >= 0.3 is 5.97 Å². The summed E-state index contributed by atoms with van der Waals surface area (Å²) in [6.07, 6.45) is 3.82. The Hall–Kier alpha value is -4.12. The van der Waals surface area contributed by atoms with Gasteiger partial charge in [-0.25, -0.2) is 4.79 Å². The van der Waals surface area contributed by atoms with Crippen LogP contribution in [-0.2, 0) is 0 Å². The molecule has 4 rings (SSSR count). The minimum absolute atomic E-state index is 0.346. The van der Waals surface area contributed by atoms with Crippen molar-refractivity contribution in [2.45, 2.75) is 19.8 Å². The SMILES string of the molecule is CCCCOc1ccc(C(=O)Oc2ccc(C=Nc3ccc4ccccc4c3)cc2OC)cc1. The summed E-state index contributed by atoms with van der Waals surface area (Å²) in [5, 5.41) is 2.31. The minimum Gasteiger partial charge on any atom is -0.494 e. The van der Waals surface area contributed by atoms with E-state index in [0.717, 1.165) is 35.2 Å². The normalized spacial score (nSPS) is 11.0. The van der Waals surface area contributed by atoms with Gasteiger partial charge < -0.3 is 14.2 Å². The van der Waals surface area contributed by atoms with E-state index in [2.05, 4.69) is 30.1 Å². The lowest BCUT2D eigenvalue weighted by Crippen LogP contribution is -2.09. The molecule has 0 aromatic heterocycles. The summed E-state index contributed by atoms with van der Waals surface area (Å²) in [7, 11) is 1.54. The van der Waals surface area contributed by atoms with Crippen LogP contribution in [0, 0.1) is 0 Å². The molecule has 0 atom stereocenters. The Balaban J connectivity index is 1.44. The highest BCUT2D eigenvalue weighted by atomic mass is 16.6. The summed E-state index contributed by atoms with van der Waals surface area (Å²) in [5.41, 5.74) is 2.13. The van der Waals surface area contributed by atoms with Gasteiger partial charge in [-0.1, -0.05) is 43.7 Å². The van der Waals surface area contributed by atoms with E-state index in [-0.39, 0.29) is 0 Å². The zero-order valence-electron chi connectivity index (χ0n) is 19.4. The summed E-state index contributed by atoms with van der Waals surface area (Å²) in [5.74, 6) is 1.07. The third kappa shape index (κ3) is 5.81. The molecular formula is C29H27NO4. The van der Waals surface area contributed by atoms with Crippen molar-refractivity contribution in [1.29, 1.82) is 0 Å². The number of benzene rings is 4. The molecule has 0 heterocycles. The maximum absolute atomic E-state index is 12.6. The van der Waals surface area contributed by atoms with Crippen LogP contribution in [0.15, 0.2) is 89.9 Å². The van der Waals surface area contributed by atoms with Crippen LogP contribution in [0.3, 0.4) is 0 Å². The van der Waals surface area contributed by atoms with Gasteiger partial charge in [0.05, 0.1) is 25.0 Å². The molecule has 172 valence electrons. The molecule has 0 N–H and O–H groups in total. The second kappa shape index (κ2) is 11.1. The predicted octanol–water partition coefficient (Wildman–Crippen LogP) is 7.00. The Kier molecular flexibility index (Phi) is 7.56. The molecule has 0 fully saturated rings. The van der Waals surface area contributed by atoms with Crippen LogP contribution in [0.2, 0.25) is 0 Å². The van der Waals surface area contributed by atoms with Crippen LogP contribution in [-0.4, -0.2) is 25.9 Å². The molecule has 5 nitrogen and oxygen atoms in total. The molecule has 5 heteroatoms. The van der Waals surface area contributed by atoms with E-state index in [0.29, 0.717) is 23.7 Å². The molecule has 0 radical (unpaired) electrons. The number of hydrogen-bond acceptors (Lipinski definition) is 5.